The molecule has 0 saturated heterocycles. The van der Waals surface area contributed by atoms with Crippen LogP contribution in [0.25, 0.3) is 33.4 Å². The van der Waals surface area contributed by atoms with Gasteiger partial charge in [-0.2, -0.15) is 14.9 Å². The molecule has 0 unspecified atom stereocenters. The number of fused-ring (bicyclic) bond motifs is 1. The van der Waals surface area contributed by atoms with Crippen LogP contribution in [0.4, 0.5) is 14.9 Å². The molecule has 9 heteroatoms. The van der Waals surface area contributed by atoms with Crippen LogP contribution in [0, 0.1) is 12.7 Å². The molecule has 0 atom stereocenters. The van der Waals surface area contributed by atoms with Gasteiger partial charge in [0.1, 0.15) is 11.5 Å². The van der Waals surface area contributed by atoms with Crippen molar-refractivity contribution in [1.82, 2.24) is 24.5 Å². The maximum Gasteiger partial charge on any atom is 0.432 e. The predicted molar refractivity (Wildman–Crippen MR) is 97.7 cm³/mol. The van der Waals surface area contributed by atoms with Crippen molar-refractivity contribution in [3.8, 4) is 22.5 Å². The zero-order valence-corrected chi connectivity index (χ0v) is 14.5. The van der Waals surface area contributed by atoms with Gasteiger partial charge in [0.25, 0.3) is 0 Å². The Kier molecular flexibility index (Phi) is 3.65. The zero-order valence-electron chi connectivity index (χ0n) is 14.5. The summed E-state index contributed by atoms with van der Waals surface area (Å²) in [6, 6.07) is 4.52. The number of hydrogen-bond donors (Lipinski definition) is 2. The molecule has 4 aromatic rings. The maximum absolute atomic E-state index is 14.5. The molecule has 0 spiro atoms. The van der Waals surface area contributed by atoms with E-state index in [1.807, 2.05) is 0 Å². The first kappa shape index (κ1) is 16.7. The molecule has 0 amide bonds. The van der Waals surface area contributed by atoms with E-state index < -0.39 is 11.9 Å². The van der Waals surface area contributed by atoms with E-state index in [-0.39, 0.29) is 0 Å². The van der Waals surface area contributed by atoms with Crippen molar-refractivity contribution in [3.63, 3.8) is 0 Å². The van der Waals surface area contributed by atoms with E-state index in [0.717, 1.165) is 4.68 Å². The van der Waals surface area contributed by atoms with Crippen molar-refractivity contribution in [2.75, 3.05) is 5.73 Å². The monoisotopic (exact) mass is 366 g/mol. The minimum Gasteiger partial charge on any atom is -0.463 e. The highest BCUT2D eigenvalue weighted by molar-refractivity contribution is 5.98. The van der Waals surface area contributed by atoms with Gasteiger partial charge in [-0.1, -0.05) is 0 Å². The third kappa shape index (κ3) is 2.69. The molecule has 0 aliphatic rings. The van der Waals surface area contributed by atoms with Gasteiger partial charge in [0.15, 0.2) is 0 Å². The van der Waals surface area contributed by atoms with Crippen molar-refractivity contribution in [1.29, 1.82) is 0 Å². The summed E-state index contributed by atoms with van der Waals surface area (Å²) in [6.45, 7) is 1.74. The second-order valence-electron chi connectivity index (χ2n) is 6.23. The number of nitrogen functional groups attached to an aromatic ring is 1. The van der Waals surface area contributed by atoms with E-state index in [2.05, 4.69) is 15.2 Å². The van der Waals surface area contributed by atoms with Gasteiger partial charge in [-0.05, 0) is 30.7 Å². The Morgan fingerprint density at radius 1 is 1.26 bits per heavy atom. The van der Waals surface area contributed by atoms with Crippen molar-refractivity contribution in [3.05, 3.63) is 48.2 Å². The van der Waals surface area contributed by atoms with Crippen LogP contribution in [0.1, 0.15) is 5.56 Å². The number of benzene rings is 1. The molecule has 0 bridgehead atoms. The minimum atomic E-state index is -1.24. The van der Waals surface area contributed by atoms with Gasteiger partial charge < -0.3 is 10.8 Å². The summed E-state index contributed by atoms with van der Waals surface area (Å²) in [5.41, 5.74) is 8.70. The van der Waals surface area contributed by atoms with E-state index >= 15 is 0 Å². The van der Waals surface area contributed by atoms with Crippen LogP contribution in [-0.4, -0.2) is 35.7 Å². The highest BCUT2D eigenvalue weighted by Crippen LogP contribution is 2.33. The lowest BCUT2D eigenvalue weighted by Gasteiger charge is -2.08. The highest BCUT2D eigenvalue weighted by Gasteiger charge is 2.20. The smallest absolute Gasteiger partial charge is 0.432 e. The Labute approximate surface area is 152 Å². The highest BCUT2D eigenvalue weighted by atomic mass is 19.1. The van der Waals surface area contributed by atoms with Gasteiger partial charge in [0, 0.05) is 35.4 Å². The quantitative estimate of drug-likeness (QED) is 0.527. The molecule has 0 aliphatic carbocycles. The van der Waals surface area contributed by atoms with Crippen LogP contribution < -0.4 is 5.73 Å². The molecular weight excluding hydrogens is 351 g/mol. The molecule has 0 saturated carbocycles. The average molecular weight is 366 g/mol. The standard InChI is InChI=1S/C18H15FN6O2/c1-9-3-11(20)4-13(19)16(9)14-5-12-15(7-21-14)25(18(26)27)23-17(12)10-6-22-24(2)8-10/h3-8H,20H2,1-2H3,(H,26,27). The van der Waals surface area contributed by atoms with E-state index in [4.69, 9.17) is 5.73 Å². The van der Waals surface area contributed by atoms with Crippen LogP contribution >= 0.6 is 0 Å². The average Bonchev–Trinajstić information content (AvgIpc) is 3.17. The van der Waals surface area contributed by atoms with Gasteiger partial charge in [-0.15, -0.1) is 0 Å². The Hall–Kier alpha value is -3.75. The number of rotatable bonds is 2. The third-order valence-electron chi connectivity index (χ3n) is 4.29. The van der Waals surface area contributed by atoms with E-state index in [1.165, 1.54) is 12.3 Å². The maximum atomic E-state index is 14.5. The second-order valence-corrected chi connectivity index (χ2v) is 6.23. The number of nitrogens with two attached hydrogens (primary N) is 1. The van der Waals surface area contributed by atoms with Gasteiger partial charge in [0.2, 0.25) is 0 Å². The van der Waals surface area contributed by atoms with E-state index in [1.54, 1.807) is 43.2 Å². The summed E-state index contributed by atoms with van der Waals surface area (Å²) in [5, 5.41) is 18.2. The zero-order chi connectivity index (χ0) is 19.3. The van der Waals surface area contributed by atoms with Crippen molar-refractivity contribution in [2.24, 2.45) is 7.05 Å². The second kappa shape index (κ2) is 5.90. The Balaban J connectivity index is 2.01. The summed E-state index contributed by atoms with van der Waals surface area (Å²) in [7, 11) is 1.75. The lowest BCUT2D eigenvalue weighted by molar-refractivity contribution is 0.194. The first-order chi connectivity index (χ1) is 12.8. The molecule has 27 heavy (non-hydrogen) atoms. The molecule has 3 N–H and O–H groups in total. The largest absolute Gasteiger partial charge is 0.463 e. The van der Waals surface area contributed by atoms with E-state index in [9.17, 15) is 14.3 Å². The molecule has 3 heterocycles. The van der Waals surface area contributed by atoms with Crippen molar-refractivity contribution in [2.45, 2.75) is 6.92 Å². The first-order valence-corrected chi connectivity index (χ1v) is 8.02. The number of carboxylic acid groups (broad SMARTS) is 1. The van der Waals surface area contributed by atoms with Gasteiger partial charge in [0.05, 0.1) is 23.6 Å². The minimum absolute atomic E-state index is 0.304. The number of hydrogen-bond acceptors (Lipinski definition) is 5. The lowest BCUT2D eigenvalue weighted by atomic mass is 10.0. The molecule has 0 aliphatic heterocycles. The van der Waals surface area contributed by atoms with Crippen molar-refractivity contribution >= 4 is 22.7 Å². The first-order valence-electron chi connectivity index (χ1n) is 8.02. The molecule has 1 aromatic carbocycles. The summed E-state index contributed by atoms with van der Waals surface area (Å²) in [6.07, 6.45) is 3.45. The fraction of sp³-hybridized carbons (Fsp3) is 0.111. The fourth-order valence-electron chi connectivity index (χ4n) is 3.15. The number of pyridine rings is 1. The summed E-state index contributed by atoms with van der Waals surface area (Å²) < 4.78 is 16.9. The van der Waals surface area contributed by atoms with E-state index in [0.29, 0.717) is 44.7 Å². The molecule has 0 fully saturated rings. The molecule has 8 nitrogen and oxygen atoms in total. The van der Waals surface area contributed by atoms with Crippen molar-refractivity contribution < 1.29 is 14.3 Å². The van der Waals surface area contributed by atoms with Crippen LogP contribution in [0.5, 0.6) is 0 Å². The summed E-state index contributed by atoms with van der Waals surface area (Å²) in [5.74, 6) is -0.493. The van der Waals surface area contributed by atoms with Crippen LogP contribution in [0.3, 0.4) is 0 Å². The Morgan fingerprint density at radius 2 is 2.04 bits per heavy atom. The molecule has 4 rings (SSSR count). The van der Waals surface area contributed by atoms with Gasteiger partial charge in [-0.3, -0.25) is 9.67 Å². The third-order valence-corrected chi connectivity index (χ3v) is 4.29. The number of halogens is 1. The van der Waals surface area contributed by atoms with Gasteiger partial charge >= 0.3 is 6.09 Å². The fourth-order valence-corrected chi connectivity index (χ4v) is 3.15. The normalized spacial score (nSPS) is 11.2. The van der Waals surface area contributed by atoms with Crippen LogP contribution in [0.2, 0.25) is 0 Å². The Morgan fingerprint density at radius 3 is 2.67 bits per heavy atom. The van der Waals surface area contributed by atoms with Gasteiger partial charge in [-0.25, -0.2) is 9.18 Å². The van der Waals surface area contributed by atoms with Crippen LogP contribution in [-0.2, 0) is 7.05 Å². The number of nitrogens with zero attached hydrogens (tertiary/aromatic N) is 5. The van der Waals surface area contributed by atoms with Crippen LogP contribution in [0.15, 0.2) is 36.8 Å². The molecule has 0 radical (unpaired) electrons. The predicted octanol–water partition coefficient (Wildman–Crippen LogP) is 3.05. The number of aromatic nitrogens is 5. The molecule has 136 valence electrons. The number of anilines is 1. The number of aryl methyl sites for hydroxylation is 2. The summed E-state index contributed by atoms with van der Waals surface area (Å²) in [4.78, 5) is 15.8. The number of carbonyl (C=O) groups is 1. The molecular formula is C18H15FN6O2. The SMILES string of the molecule is Cc1cc(N)cc(F)c1-c1cc2c(-c3cnn(C)c3)nn(C(=O)O)c2cn1. The lowest BCUT2D eigenvalue weighted by Crippen LogP contribution is -2.09. The topological polar surface area (TPSA) is 112 Å². The molecule has 3 aromatic heterocycles. The summed E-state index contributed by atoms with van der Waals surface area (Å²) >= 11 is 0. The Bertz CT molecular complexity index is 1190.